The van der Waals surface area contributed by atoms with Crippen molar-refractivity contribution in [3.63, 3.8) is 0 Å². The molecule has 4 N–H and O–H groups in total. The minimum Gasteiger partial charge on any atom is -0.508 e. The van der Waals surface area contributed by atoms with Crippen LogP contribution in [0, 0.1) is 0 Å². The molecule has 1 saturated heterocycles. The monoisotopic (exact) mass is 440 g/mol. The summed E-state index contributed by atoms with van der Waals surface area (Å²) in [5.41, 5.74) is 5.08. The van der Waals surface area contributed by atoms with Crippen LogP contribution in [0.15, 0.2) is 90.4 Å². The van der Waals surface area contributed by atoms with Crippen molar-refractivity contribution in [1.82, 2.24) is 10.2 Å². The first-order valence-electron chi connectivity index (χ1n) is 11.1. The Balaban J connectivity index is 1.44. The van der Waals surface area contributed by atoms with E-state index in [1.165, 1.54) is 5.56 Å². The smallest absolute Gasteiger partial charge is 0.251 e. The zero-order chi connectivity index (χ0) is 22.8. The van der Waals surface area contributed by atoms with E-state index in [0.717, 1.165) is 41.2 Å². The quantitative estimate of drug-likeness (QED) is 0.471. The molecular formula is C27H26N3O3+. The number of phenols is 2. The van der Waals surface area contributed by atoms with Crippen molar-refractivity contribution in [1.29, 1.82) is 0 Å². The van der Waals surface area contributed by atoms with E-state index in [9.17, 15) is 15.0 Å². The Bertz CT molecular complexity index is 1220. The fourth-order valence-electron chi connectivity index (χ4n) is 4.38. The molecule has 166 valence electrons. The fourth-order valence-corrected chi connectivity index (χ4v) is 4.38. The molecule has 0 aliphatic carbocycles. The molecule has 0 aromatic heterocycles. The molecule has 0 saturated carbocycles. The van der Waals surface area contributed by atoms with Gasteiger partial charge in [0.1, 0.15) is 24.1 Å². The molecule has 33 heavy (non-hydrogen) atoms. The Kier molecular flexibility index (Phi) is 5.57. The summed E-state index contributed by atoms with van der Waals surface area (Å²) in [6.07, 6.45) is 2.14. The predicted octanol–water partition coefficient (Wildman–Crippen LogP) is 1.83. The molecule has 1 atom stereocenters. The summed E-state index contributed by atoms with van der Waals surface area (Å²) in [6, 6.07) is 23.9. The van der Waals surface area contributed by atoms with Crippen molar-refractivity contribution >= 4 is 11.6 Å². The normalized spacial score (nSPS) is 17.6. The number of fused-ring (bicyclic) bond motifs is 1. The van der Waals surface area contributed by atoms with Crippen molar-refractivity contribution in [3.05, 3.63) is 107 Å². The van der Waals surface area contributed by atoms with Gasteiger partial charge in [-0.25, -0.2) is 4.99 Å². The lowest BCUT2D eigenvalue weighted by Crippen LogP contribution is -2.76. The maximum atomic E-state index is 13.4. The number of phenolic OH excluding ortho intramolecular Hbond substituents is 2. The summed E-state index contributed by atoms with van der Waals surface area (Å²) in [4.78, 5) is 18.8. The fraction of sp³-hybridized carbons (Fsp3) is 0.185. The topological polar surface area (TPSA) is 86.8 Å². The summed E-state index contributed by atoms with van der Waals surface area (Å²) < 4.78 is 0. The number of benzene rings is 3. The Morgan fingerprint density at radius 1 is 0.848 bits per heavy atom. The molecule has 1 amide bonds. The highest BCUT2D eigenvalue weighted by Crippen LogP contribution is 2.23. The summed E-state index contributed by atoms with van der Waals surface area (Å²) in [7, 11) is 0. The number of aromatic hydroxyl groups is 2. The number of amides is 1. The number of hydrogen-bond donors (Lipinski definition) is 4. The Labute approximate surface area is 192 Å². The van der Waals surface area contributed by atoms with Crippen molar-refractivity contribution in [2.75, 3.05) is 6.54 Å². The first kappa shape index (κ1) is 20.8. The van der Waals surface area contributed by atoms with Crippen LogP contribution in [0.5, 0.6) is 11.5 Å². The van der Waals surface area contributed by atoms with Gasteiger partial charge in [0.15, 0.2) is 5.82 Å². The third kappa shape index (κ3) is 4.46. The third-order valence-electron chi connectivity index (χ3n) is 6.15. The average molecular weight is 441 g/mol. The molecule has 1 fully saturated rings. The van der Waals surface area contributed by atoms with E-state index in [2.05, 4.69) is 22.4 Å². The Morgan fingerprint density at radius 3 is 2.21 bits per heavy atom. The molecule has 2 heterocycles. The van der Waals surface area contributed by atoms with Crippen LogP contribution in [0.2, 0.25) is 0 Å². The summed E-state index contributed by atoms with van der Waals surface area (Å²) in [6.45, 7) is 0.437. The van der Waals surface area contributed by atoms with Crippen LogP contribution < -0.4 is 10.3 Å². The van der Waals surface area contributed by atoms with Gasteiger partial charge in [-0.3, -0.25) is 9.69 Å². The Morgan fingerprint density at radius 2 is 1.52 bits per heavy atom. The molecule has 0 bridgehead atoms. The van der Waals surface area contributed by atoms with Gasteiger partial charge in [-0.05, 0) is 53.9 Å². The largest absolute Gasteiger partial charge is 0.508 e. The third-order valence-corrected chi connectivity index (χ3v) is 6.15. The minimum absolute atomic E-state index is 0.0352. The van der Waals surface area contributed by atoms with Crippen molar-refractivity contribution in [3.8, 4) is 11.5 Å². The number of aryl methyl sites for hydroxylation is 1. The number of nitrogens with zero attached hydrogens (tertiary/aromatic N) is 1. The molecule has 3 aromatic carbocycles. The van der Waals surface area contributed by atoms with E-state index < -0.39 is 0 Å². The number of rotatable bonds is 6. The zero-order valence-electron chi connectivity index (χ0n) is 18.2. The lowest BCUT2D eigenvalue weighted by Gasteiger charge is -2.20. The van der Waals surface area contributed by atoms with E-state index in [-0.39, 0.29) is 23.4 Å². The van der Waals surface area contributed by atoms with Gasteiger partial charge in [-0.15, -0.1) is 0 Å². The first-order chi connectivity index (χ1) is 16.1. The van der Waals surface area contributed by atoms with Gasteiger partial charge in [0, 0.05) is 18.4 Å². The highest BCUT2D eigenvalue weighted by Gasteiger charge is 2.42. The van der Waals surface area contributed by atoms with Crippen LogP contribution >= 0.6 is 0 Å². The van der Waals surface area contributed by atoms with Gasteiger partial charge in [0.25, 0.3) is 5.91 Å². The lowest BCUT2D eigenvalue weighted by molar-refractivity contribution is -0.407. The molecule has 5 rings (SSSR count). The van der Waals surface area contributed by atoms with E-state index >= 15 is 0 Å². The van der Waals surface area contributed by atoms with Crippen LogP contribution in [0.1, 0.15) is 23.1 Å². The van der Waals surface area contributed by atoms with Gasteiger partial charge < -0.3 is 15.5 Å². The number of nitrogens with one attached hydrogen (secondary N) is 2. The van der Waals surface area contributed by atoms with Crippen LogP contribution in [0.25, 0.3) is 0 Å². The molecule has 6 heteroatoms. The number of carbonyl (C=O) groups excluding carboxylic acids is 1. The highest BCUT2D eigenvalue weighted by atomic mass is 16.3. The predicted molar refractivity (Wildman–Crippen MR) is 125 cm³/mol. The molecule has 6 nitrogen and oxygen atoms in total. The van der Waals surface area contributed by atoms with Crippen LogP contribution in [0.3, 0.4) is 0 Å². The molecule has 0 radical (unpaired) electrons. The Hall–Kier alpha value is -4.06. The molecule has 3 aromatic rings. The van der Waals surface area contributed by atoms with Crippen LogP contribution in [0.4, 0.5) is 0 Å². The zero-order valence-corrected chi connectivity index (χ0v) is 18.2. The SMILES string of the molecule is O=C1C(Cc2ccc(O)cc2)NC2=C(CCc3ccccc3)[NH+]=C(c3ccc(O)cc3)CN12. The number of allylic oxidation sites excluding steroid dienone is 1. The van der Waals surface area contributed by atoms with Crippen molar-refractivity contribution in [2.45, 2.75) is 25.3 Å². The van der Waals surface area contributed by atoms with E-state index in [4.69, 9.17) is 0 Å². The van der Waals surface area contributed by atoms with E-state index in [1.807, 2.05) is 47.4 Å². The van der Waals surface area contributed by atoms with Gasteiger partial charge in [0.2, 0.25) is 11.4 Å². The molecular weight excluding hydrogens is 414 g/mol. The lowest BCUT2D eigenvalue weighted by atomic mass is 10.0. The summed E-state index contributed by atoms with van der Waals surface area (Å²) in [5, 5.41) is 22.7. The van der Waals surface area contributed by atoms with Crippen molar-refractivity contribution in [2.24, 2.45) is 0 Å². The van der Waals surface area contributed by atoms with E-state index in [0.29, 0.717) is 13.0 Å². The van der Waals surface area contributed by atoms with E-state index in [1.54, 1.807) is 24.3 Å². The molecule has 2 aliphatic rings. The maximum Gasteiger partial charge on any atom is 0.251 e. The highest BCUT2D eigenvalue weighted by molar-refractivity contribution is 6.02. The second kappa shape index (κ2) is 8.82. The number of carbonyl (C=O) groups is 1. The molecule has 1 unspecified atom stereocenters. The summed E-state index contributed by atoms with van der Waals surface area (Å²) in [5.74, 6) is 1.30. The van der Waals surface area contributed by atoms with Gasteiger partial charge in [-0.1, -0.05) is 42.5 Å². The van der Waals surface area contributed by atoms with Gasteiger partial charge in [0.05, 0.1) is 0 Å². The van der Waals surface area contributed by atoms with Crippen LogP contribution in [-0.4, -0.2) is 39.3 Å². The maximum absolute atomic E-state index is 13.4. The van der Waals surface area contributed by atoms with Gasteiger partial charge >= 0.3 is 0 Å². The van der Waals surface area contributed by atoms with Crippen LogP contribution in [-0.2, 0) is 17.6 Å². The van der Waals surface area contributed by atoms with Gasteiger partial charge in [-0.2, -0.15) is 0 Å². The number of hydrogen-bond acceptors (Lipinski definition) is 4. The molecule has 0 spiro atoms. The second-order valence-electron chi connectivity index (χ2n) is 8.46. The standard InChI is InChI=1S/C27H25N3O3/c31-21-11-6-19(7-12-21)16-24-27(33)30-17-25(20-9-13-22(32)14-10-20)28-23(26(30)29-24)15-8-18-4-2-1-3-5-18/h1-7,9-14,24,29,31-32H,8,15-17H2/p+1. The molecule has 2 aliphatic heterocycles. The minimum atomic E-state index is -0.364. The average Bonchev–Trinajstić information content (AvgIpc) is 3.15. The first-order valence-corrected chi connectivity index (χ1v) is 11.1. The van der Waals surface area contributed by atoms with Crippen molar-refractivity contribution < 1.29 is 20.0 Å². The second-order valence-corrected chi connectivity index (χ2v) is 8.46. The summed E-state index contributed by atoms with van der Waals surface area (Å²) >= 11 is 0.